The summed E-state index contributed by atoms with van der Waals surface area (Å²) in [5.74, 6) is -0.452. The molecule has 0 saturated heterocycles. The van der Waals surface area contributed by atoms with Crippen LogP contribution in [-0.2, 0) is 4.79 Å². The number of aliphatic carboxylic acids is 1. The number of carbonyl (C=O) groups excluding carboxylic acids is 1. The van der Waals surface area contributed by atoms with E-state index in [1.165, 1.54) is 0 Å². The maximum Gasteiger partial charge on any atom is 0.0485 e. The summed E-state index contributed by atoms with van der Waals surface area (Å²) in [6, 6.07) is 0. The van der Waals surface area contributed by atoms with Crippen LogP contribution < -0.4 is 5.11 Å². The van der Waals surface area contributed by atoms with Crippen molar-refractivity contribution in [2.24, 2.45) is 16.7 Å². The van der Waals surface area contributed by atoms with Gasteiger partial charge in [-0.2, -0.15) is 0 Å². The summed E-state index contributed by atoms with van der Waals surface area (Å²) in [6.07, 6.45) is 2.50. The highest BCUT2D eigenvalue weighted by Crippen LogP contribution is 2.66. The molecule has 0 heterocycles. The minimum absolute atomic E-state index is 0.269. The van der Waals surface area contributed by atoms with Crippen molar-refractivity contribution < 1.29 is 9.90 Å². The molecule has 72 valence electrons. The van der Waals surface area contributed by atoms with E-state index in [1.807, 2.05) is 13.8 Å². The zero-order valence-corrected chi connectivity index (χ0v) is 8.22. The Morgan fingerprint density at radius 3 is 2.54 bits per heavy atom. The van der Waals surface area contributed by atoms with Crippen molar-refractivity contribution in [3.63, 3.8) is 0 Å². The van der Waals surface area contributed by atoms with E-state index in [1.54, 1.807) is 0 Å². The number of carbonyl (C=O) groups is 1. The van der Waals surface area contributed by atoms with Gasteiger partial charge in [-0.3, -0.25) is 0 Å². The average molecular weight is 179 g/mol. The molecule has 0 aliphatic heterocycles. The molecule has 2 saturated carbocycles. The summed E-state index contributed by atoms with van der Waals surface area (Å²) in [4.78, 5) is 11.2. The van der Waals surface area contributed by atoms with Gasteiger partial charge in [-0.25, -0.2) is 0 Å². The van der Waals surface area contributed by atoms with Crippen LogP contribution in [0.25, 0.3) is 0 Å². The van der Waals surface area contributed by atoms with Gasteiger partial charge in [0.2, 0.25) is 0 Å². The predicted molar refractivity (Wildman–Crippen MR) is 47.7 cm³/mol. The van der Waals surface area contributed by atoms with Gasteiger partial charge in [0, 0.05) is 11.4 Å². The summed E-state index contributed by atoms with van der Waals surface area (Å²) in [7, 11) is 0. The Balaban J connectivity index is 2.50. The molecule has 13 heavy (non-hydrogen) atoms. The van der Waals surface area contributed by atoms with Crippen molar-refractivity contribution in [2.75, 3.05) is 0 Å². The fourth-order valence-corrected chi connectivity index (χ4v) is 3.17. The molecule has 2 unspecified atom stereocenters. The van der Waals surface area contributed by atoms with Crippen molar-refractivity contribution >= 4 is 5.97 Å². The highest BCUT2D eigenvalue weighted by molar-refractivity contribution is 5.76. The molecule has 2 fully saturated rings. The second kappa shape index (κ2) is 2.17. The number of rotatable bonds is 1. The number of allylic oxidation sites excluding steroid dienone is 1. The number of hydrogen-bond donors (Lipinski definition) is 0. The Hall–Kier alpha value is -0.790. The van der Waals surface area contributed by atoms with E-state index in [0.29, 0.717) is 5.92 Å². The quantitative estimate of drug-likeness (QED) is 0.566. The Bertz CT molecular complexity index is 290. The van der Waals surface area contributed by atoms with Gasteiger partial charge in [-0.1, -0.05) is 26.0 Å². The van der Waals surface area contributed by atoms with Crippen LogP contribution in [0.1, 0.15) is 33.1 Å². The smallest absolute Gasteiger partial charge is 0.0485 e. The van der Waals surface area contributed by atoms with E-state index in [4.69, 9.17) is 0 Å². The highest BCUT2D eigenvalue weighted by atomic mass is 16.4. The Kier molecular flexibility index (Phi) is 1.47. The van der Waals surface area contributed by atoms with Crippen molar-refractivity contribution in [1.82, 2.24) is 0 Å². The fraction of sp³-hybridized carbons (Fsp3) is 0.727. The standard InChI is InChI=1S/C11H16O2/c1-7-8-4-5-11(6-8,9(12)13)10(7,2)3/h8H,1,4-6H2,2-3H3,(H,12,13)/p-1. The molecule has 2 atom stereocenters. The van der Waals surface area contributed by atoms with Gasteiger partial charge in [-0.15, -0.1) is 0 Å². The van der Waals surface area contributed by atoms with E-state index in [-0.39, 0.29) is 5.41 Å². The van der Waals surface area contributed by atoms with Crippen LogP contribution in [0, 0.1) is 16.7 Å². The second-order valence-corrected chi connectivity index (χ2v) is 4.96. The molecule has 0 amide bonds. The maximum absolute atomic E-state index is 11.2. The number of fused-ring (bicyclic) bond motifs is 2. The molecular formula is C11H15O2-. The second-order valence-electron chi connectivity index (χ2n) is 4.96. The molecule has 0 radical (unpaired) electrons. The molecular weight excluding hydrogens is 164 g/mol. The third-order valence-corrected chi connectivity index (χ3v) is 4.40. The fourth-order valence-electron chi connectivity index (χ4n) is 3.17. The van der Waals surface area contributed by atoms with Gasteiger partial charge in [0.05, 0.1) is 0 Å². The van der Waals surface area contributed by atoms with Gasteiger partial charge in [0.15, 0.2) is 0 Å². The van der Waals surface area contributed by atoms with Gasteiger partial charge in [-0.05, 0) is 30.6 Å². The van der Waals surface area contributed by atoms with Crippen LogP contribution in [0.3, 0.4) is 0 Å². The van der Waals surface area contributed by atoms with Crippen LogP contribution in [0.2, 0.25) is 0 Å². The third kappa shape index (κ3) is 0.767. The lowest BCUT2D eigenvalue weighted by Gasteiger charge is -2.43. The number of carboxylic acid groups (broad SMARTS) is 1. The summed E-state index contributed by atoms with van der Waals surface area (Å²) in [6.45, 7) is 8.01. The number of hydrogen-bond acceptors (Lipinski definition) is 2. The Morgan fingerprint density at radius 1 is 1.62 bits per heavy atom. The van der Waals surface area contributed by atoms with E-state index in [2.05, 4.69) is 6.58 Å². The van der Waals surface area contributed by atoms with Gasteiger partial charge < -0.3 is 9.90 Å². The lowest BCUT2D eigenvalue weighted by atomic mass is 9.63. The van der Waals surface area contributed by atoms with Crippen LogP contribution in [0.15, 0.2) is 12.2 Å². The molecule has 2 rings (SSSR count). The topological polar surface area (TPSA) is 40.1 Å². The molecule has 2 nitrogen and oxygen atoms in total. The molecule has 0 spiro atoms. The summed E-state index contributed by atoms with van der Waals surface area (Å²) < 4.78 is 0. The lowest BCUT2D eigenvalue weighted by molar-refractivity contribution is -0.323. The molecule has 0 aromatic carbocycles. The van der Waals surface area contributed by atoms with E-state index < -0.39 is 11.4 Å². The minimum atomic E-state index is -0.876. The third-order valence-electron chi connectivity index (χ3n) is 4.40. The molecule has 2 heteroatoms. The first-order valence-electron chi connectivity index (χ1n) is 4.82. The number of carboxylic acids is 1. The molecule has 0 aromatic heterocycles. The SMILES string of the molecule is C=C1C2CCC(C(=O)[O-])(C2)C1(C)C. The van der Waals surface area contributed by atoms with Crippen molar-refractivity contribution in [3.8, 4) is 0 Å². The van der Waals surface area contributed by atoms with Crippen LogP contribution >= 0.6 is 0 Å². The van der Waals surface area contributed by atoms with E-state index in [9.17, 15) is 9.90 Å². The first-order valence-corrected chi connectivity index (χ1v) is 4.82. The molecule has 2 aliphatic rings. The lowest BCUT2D eigenvalue weighted by Crippen LogP contribution is -2.48. The van der Waals surface area contributed by atoms with Crippen molar-refractivity contribution in [3.05, 3.63) is 12.2 Å². The average Bonchev–Trinajstić information content (AvgIpc) is 2.53. The van der Waals surface area contributed by atoms with Gasteiger partial charge in [0.25, 0.3) is 0 Å². The summed E-state index contributed by atoms with van der Waals surface area (Å²) in [5.41, 5.74) is 0.228. The van der Waals surface area contributed by atoms with E-state index >= 15 is 0 Å². The zero-order valence-electron chi connectivity index (χ0n) is 8.22. The first kappa shape index (κ1) is 8.79. The molecule has 2 bridgehead atoms. The van der Waals surface area contributed by atoms with Gasteiger partial charge >= 0.3 is 0 Å². The molecule has 2 aliphatic carbocycles. The predicted octanol–water partition coefficient (Wildman–Crippen LogP) is 1.12. The largest absolute Gasteiger partial charge is 0.550 e. The van der Waals surface area contributed by atoms with Crippen LogP contribution in [0.4, 0.5) is 0 Å². The maximum atomic E-state index is 11.2. The van der Waals surface area contributed by atoms with E-state index in [0.717, 1.165) is 24.8 Å². The Morgan fingerprint density at radius 2 is 2.23 bits per heavy atom. The van der Waals surface area contributed by atoms with Crippen molar-refractivity contribution in [1.29, 1.82) is 0 Å². The highest BCUT2D eigenvalue weighted by Gasteiger charge is 2.59. The summed E-state index contributed by atoms with van der Waals surface area (Å²) in [5, 5.41) is 11.2. The normalized spacial score (nSPS) is 41.1. The Labute approximate surface area is 78.6 Å². The van der Waals surface area contributed by atoms with Crippen LogP contribution in [0.5, 0.6) is 0 Å². The van der Waals surface area contributed by atoms with Gasteiger partial charge in [0.1, 0.15) is 0 Å². The first-order chi connectivity index (χ1) is 5.92. The molecule has 0 aromatic rings. The monoisotopic (exact) mass is 179 g/mol. The minimum Gasteiger partial charge on any atom is -0.550 e. The van der Waals surface area contributed by atoms with Crippen molar-refractivity contribution in [2.45, 2.75) is 33.1 Å². The zero-order chi connectivity index (χ0) is 9.85. The molecule has 0 N–H and O–H groups in total. The van der Waals surface area contributed by atoms with Crippen LogP contribution in [-0.4, -0.2) is 5.97 Å². The summed E-state index contributed by atoms with van der Waals surface area (Å²) >= 11 is 0.